The molecule has 0 aliphatic carbocycles. The van der Waals surface area contributed by atoms with E-state index in [2.05, 4.69) is 30.9 Å². The summed E-state index contributed by atoms with van der Waals surface area (Å²) in [5.74, 6) is 0. The number of H-pyrrole nitrogens is 1. The van der Waals surface area contributed by atoms with Crippen LogP contribution in [0.5, 0.6) is 0 Å². The lowest BCUT2D eigenvalue weighted by Crippen LogP contribution is -2.08. The molecule has 0 aliphatic rings. The number of pyridine rings is 1. The van der Waals surface area contributed by atoms with Crippen LogP contribution in [0.2, 0.25) is 5.02 Å². The Balaban J connectivity index is 2.34. The molecule has 0 aromatic carbocycles. The summed E-state index contributed by atoms with van der Waals surface area (Å²) in [6.45, 7) is 1.76. The van der Waals surface area contributed by atoms with Crippen LogP contribution in [0.15, 0.2) is 37.8 Å². The third kappa shape index (κ3) is 3.31. The molecule has 7 heteroatoms. The summed E-state index contributed by atoms with van der Waals surface area (Å²) in [6, 6.07) is 3.17. The van der Waals surface area contributed by atoms with Crippen LogP contribution >= 0.6 is 39.3 Å². The first-order valence-corrected chi connectivity index (χ1v) is 6.60. The van der Waals surface area contributed by atoms with Crippen molar-refractivity contribution < 1.29 is 0 Å². The Morgan fingerprint density at radius 3 is 2.88 bits per heavy atom. The highest BCUT2D eigenvalue weighted by Gasteiger charge is 2.07. The monoisotopic (exact) mass is 331 g/mol. The number of aromatic nitrogens is 3. The topological polar surface area (TPSA) is 58.6 Å². The molecular weight excluding hydrogens is 326 g/mol. The van der Waals surface area contributed by atoms with Gasteiger partial charge < -0.3 is 4.98 Å². The average molecular weight is 333 g/mol. The predicted molar refractivity (Wildman–Crippen MR) is 70.7 cm³/mol. The number of nitrogens with zero attached hydrogens (tertiary/aromatic N) is 2. The van der Waals surface area contributed by atoms with Crippen molar-refractivity contribution in [2.75, 3.05) is 0 Å². The summed E-state index contributed by atoms with van der Waals surface area (Å²) in [5, 5.41) is 1.59. The van der Waals surface area contributed by atoms with Crippen LogP contribution in [0.1, 0.15) is 5.69 Å². The van der Waals surface area contributed by atoms with Gasteiger partial charge in [-0.1, -0.05) is 11.6 Å². The van der Waals surface area contributed by atoms with E-state index in [1.807, 2.05) is 0 Å². The summed E-state index contributed by atoms with van der Waals surface area (Å²) in [5.41, 5.74) is 0.470. The van der Waals surface area contributed by atoms with Gasteiger partial charge >= 0.3 is 0 Å². The molecule has 0 saturated carbocycles. The highest BCUT2D eigenvalue weighted by molar-refractivity contribution is 9.10. The Bertz CT molecular complexity index is 617. The van der Waals surface area contributed by atoms with Crippen molar-refractivity contribution in [1.82, 2.24) is 15.0 Å². The van der Waals surface area contributed by atoms with E-state index in [0.29, 0.717) is 20.9 Å². The fourth-order valence-corrected chi connectivity index (χ4v) is 2.70. The first-order valence-electron chi connectivity index (χ1n) is 4.61. The van der Waals surface area contributed by atoms with E-state index in [1.54, 1.807) is 19.2 Å². The summed E-state index contributed by atoms with van der Waals surface area (Å²) < 4.78 is 0.803. The molecule has 0 saturated heterocycles. The molecule has 17 heavy (non-hydrogen) atoms. The van der Waals surface area contributed by atoms with Gasteiger partial charge in [0.1, 0.15) is 5.03 Å². The number of hydrogen-bond donors (Lipinski definition) is 1. The molecule has 1 N–H and O–H groups in total. The lowest BCUT2D eigenvalue weighted by molar-refractivity contribution is 0.902. The zero-order chi connectivity index (χ0) is 12.4. The Hall–Kier alpha value is -0.850. The van der Waals surface area contributed by atoms with Gasteiger partial charge in [-0.15, -0.1) is 0 Å². The van der Waals surface area contributed by atoms with E-state index in [-0.39, 0.29) is 5.56 Å². The smallest absolute Gasteiger partial charge is 0.251 e. The molecule has 0 spiro atoms. The normalized spacial score (nSPS) is 10.5. The second kappa shape index (κ2) is 5.20. The fraction of sp³-hybridized carbons (Fsp3) is 0.100. The van der Waals surface area contributed by atoms with Crippen LogP contribution in [0, 0.1) is 6.92 Å². The SMILES string of the molecule is Cc1cc(=O)[nH]c(Sc2ncc(Br)cc2Cl)n1. The Kier molecular flexibility index (Phi) is 3.86. The molecule has 2 aromatic heterocycles. The fourth-order valence-electron chi connectivity index (χ4n) is 1.17. The maximum absolute atomic E-state index is 11.3. The van der Waals surface area contributed by atoms with Crippen LogP contribution in [0.25, 0.3) is 0 Å². The van der Waals surface area contributed by atoms with Crippen molar-refractivity contribution in [3.8, 4) is 0 Å². The van der Waals surface area contributed by atoms with Crippen molar-refractivity contribution in [2.24, 2.45) is 0 Å². The van der Waals surface area contributed by atoms with Crippen LogP contribution in [-0.2, 0) is 0 Å². The molecule has 2 aromatic rings. The van der Waals surface area contributed by atoms with Gasteiger partial charge in [0, 0.05) is 22.4 Å². The number of nitrogens with one attached hydrogen (secondary N) is 1. The number of rotatable bonds is 2. The standard InChI is InChI=1S/C10H7BrClN3OS/c1-5-2-8(16)15-10(14-5)17-9-7(12)3-6(11)4-13-9/h2-4H,1H3,(H,14,15,16). The highest BCUT2D eigenvalue weighted by Crippen LogP contribution is 2.30. The van der Waals surface area contributed by atoms with Crippen LogP contribution in [-0.4, -0.2) is 15.0 Å². The second-order valence-electron chi connectivity index (χ2n) is 3.23. The van der Waals surface area contributed by atoms with Gasteiger partial charge in [-0.3, -0.25) is 4.79 Å². The molecule has 0 atom stereocenters. The highest BCUT2D eigenvalue weighted by atomic mass is 79.9. The van der Waals surface area contributed by atoms with Crippen molar-refractivity contribution in [1.29, 1.82) is 0 Å². The minimum Gasteiger partial charge on any atom is -0.301 e. The number of aromatic amines is 1. The van der Waals surface area contributed by atoms with Gasteiger partial charge in [0.05, 0.1) is 5.02 Å². The Morgan fingerprint density at radius 2 is 2.24 bits per heavy atom. The molecule has 0 aliphatic heterocycles. The number of hydrogen-bond acceptors (Lipinski definition) is 4. The Morgan fingerprint density at radius 1 is 1.47 bits per heavy atom. The van der Waals surface area contributed by atoms with Crippen LogP contribution in [0.4, 0.5) is 0 Å². The molecule has 0 fully saturated rings. The molecule has 2 rings (SSSR count). The zero-order valence-electron chi connectivity index (χ0n) is 8.70. The van der Waals surface area contributed by atoms with Gasteiger partial charge in [-0.25, -0.2) is 9.97 Å². The van der Waals surface area contributed by atoms with Gasteiger partial charge in [-0.05, 0) is 40.7 Å². The molecule has 0 radical (unpaired) electrons. The number of aryl methyl sites for hydroxylation is 1. The lowest BCUT2D eigenvalue weighted by atomic mass is 10.5. The first-order chi connectivity index (χ1) is 8.04. The zero-order valence-corrected chi connectivity index (χ0v) is 11.9. The predicted octanol–water partition coefficient (Wildman–Crippen LogP) is 3.04. The van der Waals surface area contributed by atoms with Gasteiger partial charge in [0.2, 0.25) is 0 Å². The summed E-state index contributed by atoms with van der Waals surface area (Å²) in [6.07, 6.45) is 1.64. The molecule has 2 heterocycles. The van der Waals surface area contributed by atoms with Gasteiger partial charge in [-0.2, -0.15) is 0 Å². The van der Waals surface area contributed by atoms with E-state index in [9.17, 15) is 4.79 Å². The van der Waals surface area contributed by atoms with E-state index < -0.39 is 0 Å². The van der Waals surface area contributed by atoms with Crippen molar-refractivity contribution >= 4 is 39.3 Å². The molecule has 0 bridgehead atoms. The quantitative estimate of drug-likeness (QED) is 0.859. The molecule has 88 valence electrons. The third-order valence-corrected chi connectivity index (χ3v) is 3.55. The summed E-state index contributed by atoms with van der Waals surface area (Å²) in [7, 11) is 0. The van der Waals surface area contributed by atoms with E-state index in [4.69, 9.17) is 11.6 Å². The summed E-state index contributed by atoms with van der Waals surface area (Å²) in [4.78, 5) is 22.2. The van der Waals surface area contributed by atoms with Crippen LogP contribution < -0.4 is 5.56 Å². The van der Waals surface area contributed by atoms with Crippen molar-refractivity contribution in [3.63, 3.8) is 0 Å². The maximum atomic E-state index is 11.3. The largest absolute Gasteiger partial charge is 0.301 e. The summed E-state index contributed by atoms with van der Waals surface area (Å²) >= 11 is 10.5. The van der Waals surface area contributed by atoms with Crippen LogP contribution in [0.3, 0.4) is 0 Å². The second-order valence-corrected chi connectivity index (χ2v) is 5.53. The lowest BCUT2D eigenvalue weighted by Gasteiger charge is -2.03. The average Bonchev–Trinajstić information content (AvgIpc) is 2.21. The van der Waals surface area contributed by atoms with Crippen molar-refractivity contribution in [3.05, 3.63) is 43.9 Å². The molecule has 4 nitrogen and oxygen atoms in total. The van der Waals surface area contributed by atoms with Gasteiger partial charge in [0.15, 0.2) is 5.16 Å². The minimum atomic E-state index is -0.187. The molecular formula is C10H7BrClN3OS. The van der Waals surface area contributed by atoms with Gasteiger partial charge in [0.25, 0.3) is 5.56 Å². The van der Waals surface area contributed by atoms with Crippen molar-refractivity contribution in [2.45, 2.75) is 17.1 Å². The molecule has 0 unspecified atom stereocenters. The van der Waals surface area contributed by atoms with E-state index in [1.165, 1.54) is 17.8 Å². The van der Waals surface area contributed by atoms with E-state index >= 15 is 0 Å². The minimum absolute atomic E-state index is 0.187. The maximum Gasteiger partial charge on any atom is 0.251 e. The number of halogens is 2. The molecule has 0 amide bonds. The first kappa shape index (κ1) is 12.6. The third-order valence-electron chi connectivity index (χ3n) is 1.82. The Labute approximate surface area is 115 Å². The van der Waals surface area contributed by atoms with E-state index in [0.717, 1.165) is 4.47 Å².